The Labute approximate surface area is 134 Å². The minimum atomic E-state index is -0.382. The number of hydrogen-bond acceptors (Lipinski definition) is 5. The fourth-order valence-corrected chi connectivity index (χ4v) is 4.26. The van der Waals surface area contributed by atoms with Crippen LogP contribution < -0.4 is 21.7 Å². The van der Waals surface area contributed by atoms with Gasteiger partial charge in [0.1, 0.15) is 0 Å². The van der Waals surface area contributed by atoms with Gasteiger partial charge in [-0.25, -0.2) is 5.43 Å². The zero-order valence-electron chi connectivity index (χ0n) is 12.7. The molecule has 6 nitrogen and oxygen atoms in total. The third-order valence-electron chi connectivity index (χ3n) is 5.36. The van der Waals surface area contributed by atoms with Crippen molar-refractivity contribution in [1.82, 2.24) is 16.1 Å². The Bertz CT molecular complexity index is 820. The highest BCUT2D eigenvalue weighted by molar-refractivity contribution is 6.04. The zero-order valence-corrected chi connectivity index (χ0v) is 12.7. The molecule has 2 fully saturated rings. The topological polar surface area (TPSA) is 73.6 Å². The van der Waals surface area contributed by atoms with Crippen molar-refractivity contribution in [3.05, 3.63) is 41.5 Å². The molecule has 1 amide bonds. The van der Waals surface area contributed by atoms with E-state index in [1.807, 2.05) is 17.3 Å². The number of aryl methyl sites for hydroxylation is 1. The van der Waals surface area contributed by atoms with Crippen LogP contribution in [0.5, 0.6) is 0 Å². The Kier molecular flexibility index (Phi) is 2.70. The molecule has 2 bridgehead atoms. The van der Waals surface area contributed by atoms with Gasteiger partial charge >= 0.3 is 0 Å². The smallest absolute Gasteiger partial charge is 0.248 e. The predicted molar refractivity (Wildman–Crippen MR) is 88.4 cm³/mol. The first kappa shape index (κ1) is 13.3. The van der Waals surface area contributed by atoms with Crippen molar-refractivity contribution in [3.8, 4) is 0 Å². The predicted octanol–water partition coefficient (Wildman–Crippen LogP) is 0.929. The van der Waals surface area contributed by atoms with Crippen LogP contribution in [0, 0.1) is 5.92 Å². The normalized spacial score (nSPS) is 28.5. The SMILES string of the molecule is NC(=O)c1cc2c3c(cccc3c1)CCC1C3CNN(C3)NN21. The third kappa shape index (κ3) is 1.89. The number of nitrogens with zero attached hydrogens (tertiary/aromatic N) is 2. The molecule has 0 radical (unpaired) electrons. The molecular weight excluding hydrogens is 290 g/mol. The van der Waals surface area contributed by atoms with Crippen molar-refractivity contribution in [2.75, 3.05) is 18.1 Å². The molecule has 3 heterocycles. The number of hydrogen-bond donors (Lipinski definition) is 3. The van der Waals surface area contributed by atoms with Gasteiger partial charge in [-0.3, -0.25) is 9.80 Å². The minimum Gasteiger partial charge on any atom is -0.366 e. The van der Waals surface area contributed by atoms with Crippen LogP contribution in [0.1, 0.15) is 22.3 Å². The third-order valence-corrected chi connectivity index (χ3v) is 5.36. The summed E-state index contributed by atoms with van der Waals surface area (Å²) in [6.45, 7) is 2.00. The second-order valence-corrected chi connectivity index (χ2v) is 6.68. The number of amides is 1. The number of anilines is 1. The average Bonchev–Trinajstić information content (AvgIpc) is 2.86. The Morgan fingerprint density at radius 1 is 1.30 bits per heavy atom. The number of nitrogens with one attached hydrogen (secondary N) is 2. The Morgan fingerprint density at radius 2 is 2.22 bits per heavy atom. The van der Waals surface area contributed by atoms with Crippen LogP contribution in [-0.2, 0) is 6.42 Å². The lowest BCUT2D eigenvalue weighted by Crippen LogP contribution is -2.61. The second-order valence-electron chi connectivity index (χ2n) is 6.68. The summed E-state index contributed by atoms with van der Waals surface area (Å²) >= 11 is 0. The summed E-state index contributed by atoms with van der Waals surface area (Å²) in [4.78, 5) is 11.8. The number of hydrazine groups is 3. The fourth-order valence-electron chi connectivity index (χ4n) is 4.26. The van der Waals surface area contributed by atoms with Gasteiger partial charge in [0.2, 0.25) is 5.91 Å². The van der Waals surface area contributed by atoms with E-state index in [9.17, 15) is 4.79 Å². The summed E-state index contributed by atoms with van der Waals surface area (Å²) in [5, 5.41) is 6.59. The number of carbonyl (C=O) groups is 1. The van der Waals surface area contributed by atoms with Crippen molar-refractivity contribution >= 4 is 22.4 Å². The van der Waals surface area contributed by atoms with Crippen LogP contribution in [0.3, 0.4) is 0 Å². The molecule has 3 aliphatic rings. The first-order chi connectivity index (χ1) is 11.2. The summed E-state index contributed by atoms with van der Waals surface area (Å²) in [5.74, 6) is 0.200. The maximum Gasteiger partial charge on any atom is 0.248 e. The van der Waals surface area contributed by atoms with E-state index in [4.69, 9.17) is 5.73 Å². The van der Waals surface area contributed by atoms with Gasteiger partial charge < -0.3 is 5.73 Å². The summed E-state index contributed by atoms with van der Waals surface area (Å²) < 4.78 is 0. The van der Waals surface area contributed by atoms with Gasteiger partial charge in [0.25, 0.3) is 0 Å². The van der Waals surface area contributed by atoms with Crippen molar-refractivity contribution in [3.63, 3.8) is 0 Å². The summed E-state index contributed by atoms with van der Waals surface area (Å²) in [7, 11) is 0. The van der Waals surface area contributed by atoms with Crippen LogP contribution >= 0.6 is 0 Å². The molecular formula is C17H19N5O. The molecule has 3 atom stereocenters. The number of carbonyl (C=O) groups excluding carboxylic acids is 1. The molecule has 0 spiro atoms. The maximum atomic E-state index is 11.8. The zero-order chi connectivity index (χ0) is 15.6. The highest BCUT2D eigenvalue weighted by atomic mass is 16.1. The largest absolute Gasteiger partial charge is 0.366 e. The lowest BCUT2D eigenvalue weighted by molar-refractivity contribution is 0.1000. The van der Waals surface area contributed by atoms with Gasteiger partial charge in [0.15, 0.2) is 0 Å². The molecule has 3 unspecified atom stereocenters. The van der Waals surface area contributed by atoms with Gasteiger partial charge in [-0.2, -0.15) is 10.7 Å². The van der Waals surface area contributed by atoms with E-state index in [2.05, 4.69) is 34.2 Å². The van der Waals surface area contributed by atoms with Crippen molar-refractivity contribution in [1.29, 1.82) is 0 Å². The number of rotatable bonds is 1. The maximum absolute atomic E-state index is 11.8. The lowest BCUT2D eigenvalue weighted by Gasteiger charge is -2.41. The quantitative estimate of drug-likeness (QED) is 0.731. The van der Waals surface area contributed by atoms with E-state index < -0.39 is 0 Å². The lowest BCUT2D eigenvalue weighted by atomic mass is 9.94. The first-order valence-electron chi connectivity index (χ1n) is 8.13. The van der Waals surface area contributed by atoms with Crippen molar-refractivity contribution < 1.29 is 4.79 Å². The monoisotopic (exact) mass is 309 g/mol. The molecule has 2 aromatic carbocycles. The highest BCUT2D eigenvalue weighted by Gasteiger charge is 2.41. The average molecular weight is 309 g/mol. The molecule has 5 rings (SSSR count). The Hall–Kier alpha value is -2.15. The second kappa shape index (κ2) is 4.67. The van der Waals surface area contributed by atoms with Crippen LogP contribution in [0.2, 0.25) is 0 Å². The van der Waals surface area contributed by atoms with Gasteiger partial charge in [0, 0.05) is 30.0 Å². The van der Waals surface area contributed by atoms with Gasteiger partial charge in [0.05, 0.1) is 11.7 Å². The van der Waals surface area contributed by atoms with Gasteiger partial charge in [-0.1, -0.05) is 18.2 Å². The van der Waals surface area contributed by atoms with Gasteiger partial charge in [-0.05, 0) is 35.9 Å². The van der Waals surface area contributed by atoms with Crippen LogP contribution in [0.25, 0.3) is 10.8 Å². The highest BCUT2D eigenvalue weighted by Crippen LogP contribution is 2.39. The molecule has 3 aliphatic heterocycles. The van der Waals surface area contributed by atoms with Crippen LogP contribution in [-0.4, -0.2) is 30.2 Å². The molecule has 0 saturated carbocycles. The first-order valence-corrected chi connectivity index (χ1v) is 8.13. The number of fused-ring (bicyclic) bond motifs is 5. The van der Waals surface area contributed by atoms with E-state index >= 15 is 0 Å². The van der Waals surface area contributed by atoms with Crippen LogP contribution in [0.15, 0.2) is 30.3 Å². The summed E-state index contributed by atoms with van der Waals surface area (Å²) in [5.41, 5.74) is 15.4. The van der Waals surface area contributed by atoms with E-state index in [0.717, 1.165) is 37.0 Å². The molecule has 23 heavy (non-hydrogen) atoms. The molecule has 6 heteroatoms. The number of primary amides is 1. The van der Waals surface area contributed by atoms with E-state index in [1.165, 1.54) is 10.9 Å². The molecule has 2 aromatic rings. The van der Waals surface area contributed by atoms with E-state index in [0.29, 0.717) is 17.5 Å². The number of nitrogens with two attached hydrogens (primary N) is 1. The van der Waals surface area contributed by atoms with Gasteiger partial charge in [-0.15, -0.1) is 0 Å². The van der Waals surface area contributed by atoms with Crippen molar-refractivity contribution in [2.24, 2.45) is 11.7 Å². The summed E-state index contributed by atoms with van der Waals surface area (Å²) in [6.07, 6.45) is 2.16. The molecule has 0 aromatic heterocycles. The fraction of sp³-hybridized carbons (Fsp3) is 0.353. The standard InChI is InChI=1S/C17H19N5O/c18-17(23)12-6-11-3-1-2-10-4-5-14-13-8-19-21(9-13)20-22(14)15(7-12)16(10)11/h1-3,6-7,13-14,19-20H,4-5,8-9H2,(H2,18,23). The number of benzene rings is 2. The molecule has 2 saturated heterocycles. The molecule has 118 valence electrons. The van der Waals surface area contributed by atoms with E-state index in [-0.39, 0.29) is 5.91 Å². The van der Waals surface area contributed by atoms with Crippen LogP contribution in [0.4, 0.5) is 5.69 Å². The molecule has 0 aliphatic carbocycles. The Morgan fingerprint density at radius 3 is 3.09 bits per heavy atom. The van der Waals surface area contributed by atoms with E-state index in [1.54, 1.807) is 0 Å². The molecule has 4 N–H and O–H groups in total. The Balaban J connectivity index is 1.77. The summed E-state index contributed by atoms with van der Waals surface area (Å²) in [6, 6.07) is 10.6. The minimum absolute atomic E-state index is 0.382. The van der Waals surface area contributed by atoms with Crippen molar-refractivity contribution in [2.45, 2.75) is 18.9 Å².